The summed E-state index contributed by atoms with van der Waals surface area (Å²) < 4.78 is 0. The Bertz CT molecular complexity index is 118. The lowest BCUT2D eigenvalue weighted by Gasteiger charge is -2.11. The molecule has 1 heterocycles. The van der Waals surface area contributed by atoms with E-state index >= 15 is 0 Å². The molecular formula is C3H5ClN2OS. The quantitative estimate of drug-likeness (QED) is 0.449. The first-order valence-electron chi connectivity index (χ1n) is 1.96. The molecule has 0 spiro atoms. The van der Waals surface area contributed by atoms with Crippen LogP contribution in [0, 0.1) is 0 Å². The molecule has 0 radical (unpaired) electrons. The van der Waals surface area contributed by atoms with Crippen molar-refractivity contribution >= 4 is 23.5 Å². The van der Waals surface area contributed by atoms with Crippen molar-refractivity contribution in [3.8, 4) is 0 Å². The summed E-state index contributed by atoms with van der Waals surface area (Å²) in [5.74, 6) is 0. The van der Waals surface area contributed by atoms with Gasteiger partial charge in [-0.15, -0.1) is 4.83 Å². The van der Waals surface area contributed by atoms with Gasteiger partial charge in [0.25, 0.3) is 0 Å². The lowest BCUT2D eigenvalue weighted by Crippen LogP contribution is -2.24. The molecule has 0 aromatic carbocycles. The van der Waals surface area contributed by atoms with E-state index in [0.717, 1.165) is 0 Å². The maximum Gasteiger partial charge on any atom is 0.156 e. The van der Waals surface area contributed by atoms with Crippen LogP contribution in [-0.2, 0) is 4.84 Å². The predicted molar refractivity (Wildman–Crippen MR) is 33.5 cm³/mol. The molecule has 1 rings (SSSR count). The van der Waals surface area contributed by atoms with E-state index in [1.165, 1.54) is 24.2 Å². The highest BCUT2D eigenvalue weighted by Gasteiger charge is 2.10. The third kappa shape index (κ3) is 1.08. The molecule has 1 N–H and O–H groups in total. The van der Waals surface area contributed by atoms with Crippen LogP contribution in [0.3, 0.4) is 0 Å². The van der Waals surface area contributed by atoms with Crippen LogP contribution in [0.15, 0.2) is 10.6 Å². The molecule has 0 aliphatic carbocycles. The Kier molecular flexibility index (Phi) is 2.01. The minimum atomic E-state index is 0.553. The first-order chi connectivity index (χ1) is 3.84. The summed E-state index contributed by atoms with van der Waals surface area (Å²) in [4.78, 5) is 7.48. The summed E-state index contributed by atoms with van der Waals surface area (Å²) in [6.45, 7) is 0. The van der Waals surface area contributed by atoms with Crippen LogP contribution in [0.5, 0.6) is 0 Å². The van der Waals surface area contributed by atoms with Gasteiger partial charge in [0.15, 0.2) is 5.16 Å². The predicted octanol–water partition coefficient (Wildman–Crippen LogP) is 1.05. The lowest BCUT2D eigenvalue weighted by molar-refractivity contribution is -0.107. The van der Waals surface area contributed by atoms with Gasteiger partial charge < -0.3 is 0 Å². The van der Waals surface area contributed by atoms with Gasteiger partial charge in [-0.1, -0.05) is 11.6 Å². The van der Waals surface area contributed by atoms with Crippen molar-refractivity contribution in [2.75, 3.05) is 7.11 Å². The average Bonchev–Trinajstić information content (AvgIpc) is 2.14. The van der Waals surface area contributed by atoms with Crippen LogP contribution >= 0.6 is 23.5 Å². The molecule has 0 aromatic rings. The molecule has 0 aromatic heterocycles. The summed E-state index contributed by atoms with van der Waals surface area (Å²) in [5.41, 5.74) is 0. The molecule has 46 valence electrons. The van der Waals surface area contributed by atoms with Gasteiger partial charge in [-0.2, -0.15) is 5.17 Å². The van der Waals surface area contributed by atoms with Crippen LogP contribution in [0.2, 0.25) is 0 Å². The van der Waals surface area contributed by atoms with Crippen LogP contribution < -0.4 is 4.83 Å². The van der Waals surface area contributed by atoms with E-state index in [0.29, 0.717) is 5.16 Å². The van der Waals surface area contributed by atoms with Crippen molar-refractivity contribution in [1.82, 2.24) is 10.0 Å². The topological polar surface area (TPSA) is 24.5 Å². The minimum absolute atomic E-state index is 0.553. The highest BCUT2D eigenvalue weighted by atomic mass is 35.5. The molecule has 0 unspecified atom stereocenters. The van der Waals surface area contributed by atoms with Crippen molar-refractivity contribution in [1.29, 1.82) is 0 Å². The van der Waals surface area contributed by atoms with Crippen LogP contribution in [0.4, 0.5) is 0 Å². The lowest BCUT2D eigenvalue weighted by atomic mass is 11.0. The van der Waals surface area contributed by atoms with Gasteiger partial charge in [0.2, 0.25) is 0 Å². The van der Waals surface area contributed by atoms with Gasteiger partial charge in [-0.05, 0) is 11.9 Å². The van der Waals surface area contributed by atoms with E-state index in [4.69, 9.17) is 16.4 Å². The third-order valence-electron chi connectivity index (χ3n) is 0.668. The number of hydrogen-bond donors (Lipinski definition) is 1. The van der Waals surface area contributed by atoms with Gasteiger partial charge in [0, 0.05) is 5.41 Å². The van der Waals surface area contributed by atoms with E-state index in [1.807, 2.05) is 0 Å². The smallest absolute Gasteiger partial charge is 0.156 e. The fourth-order valence-electron chi connectivity index (χ4n) is 0.339. The molecule has 0 fully saturated rings. The normalized spacial score (nSPS) is 19.2. The van der Waals surface area contributed by atoms with E-state index in [1.54, 1.807) is 5.41 Å². The Balaban J connectivity index is 2.46. The Morgan fingerprint density at radius 3 is 3.00 bits per heavy atom. The first-order valence-corrected chi connectivity index (χ1v) is 3.21. The fourth-order valence-corrected chi connectivity index (χ4v) is 1.15. The van der Waals surface area contributed by atoms with Gasteiger partial charge in [0.1, 0.15) is 0 Å². The number of hydrogen-bond acceptors (Lipinski definition) is 4. The summed E-state index contributed by atoms with van der Waals surface area (Å²) in [5, 5.41) is 3.66. The van der Waals surface area contributed by atoms with E-state index in [-0.39, 0.29) is 0 Å². The Morgan fingerprint density at radius 2 is 2.75 bits per heavy atom. The standard InChI is InChI=1S/C3H5ClN2OS/c1-7-6-3(4)2-8-5-6/h2,5H,1H3. The Labute approximate surface area is 56.7 Å². The summed E-state index contributed by atoms with van der Waals surface area (Å²) in [6.07, 6.45) is 0. The van der Waals surface area contributed by atoms with Crippen molar-refractivity contribution in [2.24, 2.45) is 0 Å². The number of hydrazine groups is 1. The minimum Gasteiger partial charge on any atom is -0.260 e. The van der Waals surface area contributed by atoms with Crippen molar-refractivity contribution in [3.63, 3.8) is 0 Å². The molecule has 5 heteroatoms. The molecule has 0 amide bonds. The van der Waals surface area contributed by atoms with Crippen LogP contribution in [0.25, 0.3) is 0 Å². The zero-order valence-electron chi connectivity index (χ0n) is 4.22. The second-order valence-electron chi connectivity index (χ2n) is 1.13. The molecule has 0 saturated carbocycles. The molecular weight excluding hydrogens is 148 g/mol. The van der Waals surface area contributed by atoms with Gasteiger partial charge in [0.05, 0.1) is 7.11 Å². The second-order valence-corrected chi connectivity index (χ2v) is 2.17. The molecule has 3 nitrogen and oxygen atoms in total. The van der Waals surface area contributed by atoms with Crippen molar-refractivity contribution in [3.05, 3.63) is 10.6 Å². The summed E-state index contributed by atoms with van der Waals surface area (Å²) >= 11 is 6.93. The molecule has 1 aliphatic rings. The number of hydroxylamine groups is 1. The Hall–Kier alpha value is 0.1000. The SMILES string of the molecule is CON1NSC=C1Cl. The summed E-state index contributed by atoms with van der Waals surface area (Å²) in [7, 11) is 1.54. The largest absolute Gasteiger partial charge is 0.260 e. The zero-order chi connectivity index (χ0) is 5.98. The van der Waals surface area contributed by atoms with Gasteiger partial charge in [-0.3, -0.25) is 4.84 Å². The van der Waals surface area contributed by atoms with Crippen molar-refractivity contribution < 1.29 is 4.84 Å². The number of nitrogens with one attached hydrogen (secondary N) is 1. The fraction of sp³-hybridized carbons (Fsp3) is 0.333. The second kappa shape index (κ2) is 2.59. The van der Waals surface area contributed by atoms with E-state index in [9.17, 15) is 0 Å². The monoisotopic (exact) mass is 152 g/mol. The number of nitrogens with zero attached hydrogens (tertiary/aromatic N) is 1. The molecule has 0 saturated heterocycles. The number of rotatable bonds is 1. The van der Waals surface area contributed by atoms with Crippen molar-refractivity contribution in [2.45, 2.75) is 0 Å². The highest BCUT2D eigenvalue weighted by Crippen LogP contribution is 2.19. The highest BCUT2D eigenvalue weighted by molar-refractivity contribution is 8.00. The van der Waals surface area contributed by atoms with Gasteiger partial charge in [-0.25, -0.2) is 0 Å². The average molecular weight is 153 g/mol. The zero-order valence-corrected chi connectivity index (χ0v) is 5.79. The van der Waals surface area contributed by atoms with Crippen LogP contribution in [-0.4, -0.2) is 12.3 Å². The Morgan fingerprint density at radius 1 is 2.00 bits per heavy atom. The maximum absolute atomic E-state index is 5.56. The van der Waals surface area contributed by atoms with Gasteiger partial charge >= 0.3 is 0 Å². The number of halogens is 1. The molecule has 8 heavy (non-hydrogen) atoms. The molecule has 1 aliphatic heterocycles. The first kappa shape index (κ1) is 6.22. The maximum atomic E-state index is 5.56. The molecule has 0 atom stereocenters. The van der Waals surface area contributed by atoms with Crippen LogP contribution in [0.1, 0.15) is 0 Å². The third-order valence-corrected chi connectivity index (χ3v) is 1.67. The van der Waals surface area contributed by atoms with E-state index < -0.39 is 0 Å². The summed E-state index contributed by atoms with van der Waals surface area (Å²) in [6, 6.07) is 0. The molecule has 0 bridgehead atoms. The van der Waals surface area contributed by atoms with E-state index in [2.05, 4.69) is 4.83 Å².